The minimum Gasteiger partial charge on any atom is -0.387 e. The molecule has 1 unspecified atom stereocenters. The van der Waals surface area contributed by atoms with Crippen LogP contribution >= 0.6 is 0 Å². The molecule has 6 heteroatoms. The van der Waals surface area contributed by atoms with Crippen LogP contribution in [0.15, 0.2) is 30.3 Å². The summed E-state index contributed by atoms with van der Waals surface area (Å²) in [4.78, 5) is 1.75. The van der Waals surface area contributed by atoms with Crippen molar-refractivity contribution in [3.63, 3.8) is 0 Å². The summed E-state index contributed by atoms with van der Waals surface area (Å²) in [5.74, 6) is 0. The minimum absolute atomic E-state index is 0.125. The lowest BCUT2D eigenvalue weighted by Gasteiger charge is -2.39. The Morgan fingerprint density at radius 3 is 2.20 bits per heavy atom. The summed E-state index contributed by atoms with van der Waals surface area (Å²) in [5.41, 5.74) is -1.84. The Balaban J connectivity index is 1.89. The molecule has 1 fully saturated rings. The van der Waals surface area contributed by atoms with Crippen molar-refractivity contribution >= 4 is 0 Å². The summed E-state index contributed by atoms with van der Waals surface area (Å²) in [5, 5.41) is 19.6. The number of β-amino-alcohol motifs (C(OH)–C–C–N with tert-alkyl or cyclic N) is 1. The van der Waals surface area contributed by atoms with Gasteiger partial charge in [-0.3, -0.25) is 0 Å². The number of halogens is 3. The number of aliphatic hydroxyl groups excluding tert-OH is 1. The highest BCUT2D eigenvalue weighted by Crippen LogP contribution is 2.38. The first kappa shape index (κ1) is 15.3. The van der Waals surface area contributed by atoms with E-state index in [-0.39, 0.29) is 32.5 Å². The third-order valence-electron chi connectivity index (χ3n) is 3.83. The van der Waals surface area contributed by atoms with E-state index in [1.165, 1.54) is 0 Å². The molecule has 1 aromatic rings. The second kappa shape index (κ2) is 5.71. The highest BCUT2D eigenvalue weighted by atomic mass is 19.4. The topological polar surface area (TPSA) is 43.7 Å². The Kier molecular flexibility index (Phi) is 4.36. The highest BCUT2D eigenvalue weighted by Gasteiger charge is 2.54. The van der Waals surface area contributed by atoms with E-state index in [1.54, 1.807) is 29.2 Å². The number of benzene rings is 1. The molecule has 1 heterocycles. The van der Waals surface area contributed by atoms with Crippen molar-refractivity contribution in [2.75, 3.05) is 19.6 Å². The molecule has 0 aliphatic carbocycles. The average molecular weight is 289 g/mol. The fraction of sp³-hybridized carbons (Fsp3) is 0.571. The SMILES string of the molecule is OC(CN1CCC(O)(C(F)(F)F)CC1)c1ccccc1. The van der Waals surface area contributed by atoms with Gasteiger partial charge in [-0.25, -0.2) is 0 Å². The Labute approximate surface area is 115 Å². The number of rotatable bonds is 3. The van der Waals surface area contributed by atoms with Gasteiger partial charge in [0.2, 0.25) is 0 Å². The van der Waals surface area contributed by atoms with E-state index in [1.807, 2.05) is 6.07 Å². The number of hydrogen-bond acceptors (Lipinski definition) is 3. The van der Waals surface area contributed by atoms with Gasteiger partial charge in [-0.2, -0.15) is 13.2 Å². The van der Waals surface area contributed by atoms with Gasteiger partial charge >= 0.3 is 6.18 Å². The largest absolute Gasteiger partial charge is 0.417 e. The molecule has 0 spiro atoms. The van der Waals surface area contributed by atoms with E-state index in [4.69, 9.17) is 0 Å². The lowest BCUT2D eigenvalue weighted by Crippen LogP contribution is -2.53. The molecule has 1 aromatic carbocycles. The average Bonchev–Trinajstić information content (AvgIpc) is 2.41. The van der Waals surface area contributed by atoms with Crippen molar-refractivity contribution < 1.29 is 23.4 Å². The molecule has 3 nitrogen and oxygen atoms in total. The summed E-state index contributed by atoms with van der Waals surface area (Å²) >= 11 is 0. The molecule has 1 aliphatic rings. The molecule has 0 bridgehead atoms. The molecule has 0 radical (unpaired) electrons. The number of hydrogen-bond donors (Lipinski definition) is 2. The van der Waals surface area contributed by atoms with Crippen LogP contribution in [0.1, 0.15) is 24.5 Å². The van der Waals surface area contributed by atoms with Crippen LogP contribution < -0.4 is 0 Å². The maximum absolute atomic E-state index is 12.7. The molecule has 0 aromatic heterocycles. The van der Waals surface area contributed by atoms with Crippen molar-refractivity contribution in [2.24, 2.45) is 0 Å². The molecule has 2 rings (SSSR count). The second-order valence-corrected chi connectivity index (χ2v) is 5.26. The summed E-state index contributed by atoms with van der Waals surface area (Å²) in [7, 11) is 0. The highest BCUT2D eigenvalue weighted by molar-refractivity contribution is 5.17. The van der Waals surface area contributed by atoms with Gasteiger partial charge in [-0.1, -0.05) is 30.3 Å². The van der Waals surface area contributed by atoms with Gasteiger partial charge in [0, 0.05) is 19.6 Å². The van der Waals surface area contributed by atoms with Crippen LogP contribution in [-0.4, -0.2) is 46.5 Å². The molecule has 112 valence electrons. The van der Waals surface area contributed by atoms with Gasteiger partial charge in [0.25, 0.3) is 0 Å². The number of alkyl halides is 3. The number of aliphatic hydroxyl groups is 2. The smallest absolute Gasteiger partial charge is 0.387 e. The van der Waals surface area contributed by atoms with Crippen molar-refractivity contribution in [3.05, 3.63) is 35.9 Å². The molecular formula is C14H18F3NO2. The molecular weight excluding hydrogens is 271 g/mol. The van der Waals surface area contributed by atoms with E-state index in [0.717, 1.165) is 5.56 Å². The lowest BCUT2D eigenvalue weighted by molar-refractivity contribution is -0.273. The fourth-order valence-corrected chi connectivity index (χ4v) is 2.41. The summed E-state index contributed by atoms with van der Waals surface area (Å²) < 4.78 is 38.0. The van der Waals surface area contributed by atoms with Crippen molar-refractivity contribution in [1.29, 1.82) is 0 Å². The lowest BCUT2D eigenvalue weighted by atomic mass is 9.90. The van der Waals surface area contributed by atoms with Crippen LogP contribution in [0.4, 0.5) is 13.2 Å². The Bertz CT molecular complexity index is 428. The first-order valence-electron chi connectivity index (χ1n) is 6.56. The predicted octanol–water partition coefficient (Wildman–Crippen LogP) is 2.11. The fourth-order valence-electron chi connectivity index (χ4n) is 2.41. The third kappa shape index (κ3) is 3.31. The van der Waals surface area contributed by atoms with Crippen LogP contribution in [0.3, 0.4) is 0 Å². The van der Waals surface area contributed by atoms with Crippen LogP contribution in [0, 0.1) is 0 Å². The monoisotopic (exact) mass is 289 g/mol. The zero-order chi connectivity index (χ0) is 14.8. The van der Waals surface area contributed by atoms with Crippen molar-refractivity contribution in [2.45, 2.75) is 30.7 Å². The maximum Gasteiger partial charge on any atom is 0.417 e. The predicted molar refractivity (Wildman–Crippen MR) is 68.1 cm³/mol. The Morgan fingerprint density at radius 2 is 1.70 bits per heavy atom. The van der Waals surface area contributed by atoms with E-state index in [9.17, 15) is 23.4 Å². The van der Waals surface area contributed by atoms with Gasteiger partial charge in [-0.15, -0.1) is 0 Å². The van der Waals surface area contributed by atoms with Gasteiger partial charge in [0.05, 0.1) is 6.10 Å². The molecule has 20 heavy (non-hydrogen) atoms. The molecule has 1 saturated heterocycles. The first-order valence-corrected chi connectivity index (χ1v) is 6.56. The zero-order valence-electron chi connectivity index (χ0n) is 11.0. The standard InChI is InChI=1S/C14H18F3NO2/c15-14(16,17)13(20)6-8-18(9-7-13)10-12(19)11-4-2-1-3-5-11/h1-5,12,19-20H,6-10H2. The molecule has 0 amide bonds. The summed E-state index contributed by atoms with van der Waals surface area (Å²) in [6, 6.07) is 9.00. The zero-order valence-corrected chi connectivity index (χ0v) is 11.0. The maximum atomic E-state index is 12.7. The number of nitrogens with zero attached hydrogens (tertiary/aromatic N) is 1. The molecule has 1 aliphatic heterocycles. The summed E-state index contributed by atoms with van der Waals surface area (Å²) in [6.07, 6.45) is -6.01. The first-order chi connectivity index (χ1) is 9.32. The van der Waals surface area contributed by atoms with Crippen LogP contribution in [0.5, 0.6) is 0 Å². The second-order valence-electron chi connectivity index (χ2n) is 5.26. The Hall–Kier alpha value is -1.11. The van der Waals surface area contributed by atoms with Gasteiger partial charge < -0.3 is 15.1 Å². The Morgan fingerprint density at radius 1 is 1.15 bits per heavy atom. The van der Waals surface area contributed by atoms with Crippen molar-refractivity contribution in [1.82, 2.24) is 4.90 Å². The summed E-state index contributed by atoms with van der Waals surface area (Å²) in [6.45, 7) is 0.526. The van der Waals surface area contributed by atoms with Crippen LogP contribution in [0.25, 0.3) is 0 Å². The molecule has 2 N–H and O–H groups in total. The van der Waals surface area contributed by atoms with Crippen LogP contribution in [-0.2, 0) is 0 Å². The van der Waals surface area contributed by atoms with E-state index in [0.29, 0.717) is 0 Å². The third-order valence-corrected chi connectivity index (χ3v) is 3.83. The van der Waals surface area contributed by atoms with E-state index >= 15 is 0 Å². The number of piperidine rings is 1. The van der Waals surface area contributed by atoms with Crippen LogP contribution in [0.2, 0.25) is 0 Å². The quantitative estimate of drug-likeness (QED) is 0.895. The minimum atomic E-state index is -4.59. The molecule has 1 atom stereocenters. The normalized spacial score (nSPS) is 21.6. The molecule has 0 saturated carbocycles. The van der Waals surface area contributed by atoms with Gasteiger partial charge in [-0.05, 0) is 18.4 Å². The van der Waals surface area contributed by atoms with Gasteiger partial charge in [0.1, 0.15) is 0 Å². The van der Waals surface area contributed by atoms with Crippen molar-refractivity contribution in [3.8, 4) is 0 Å². The number of likely N-dealkylation sites (tertiary alicyclic amines) is 1. The van der Waals surface area contributed by atoms with E-state index in [2.05, 4.69) is 0 Å². The van der Waals surface area contributed by atoms with Gasteiger partial charge in [0.15, 0.2) is 5.60 Å². The van der Waals surface area contributed by atoms with E-state index < -0.39 is 17.9 Å².